The third kappa shape index (κ3) is 3.52. The topological polar surface area (TPSA) is 25.2 Å². The normalized spacial score (nSPS) is 11.3. The van der Waals surface area contributed by atoms with Gasteiger partial charge in [0.1, 0.15) is 11.2 Å². The zero-order chi connectivity index (χ0) is 23.9. The van der Waals surface area contributed by atoms with Crippen LogP contribution in [-0.2, 0) is 0 Å². The fourth-order valence-electron chi connectivity index (χ4n) is 5.07. The van der Waals surface area contributed by atoms with E-state index in [9.17, 15) is 0 Å². The second kappa shape index (κ2) is 8.44. The summed E-state index contributed by atoms with van der Waals surface area (Å²) >= 11 is 0. The van der Waals surface area contributed by atoms with Crippen molar-refractivity contribution in [1.29, 1.82) is 0 Å². The summed E-state index contributed by atoms with van der Waals surface area (Å²) in [7, 11) is 0. The average molecular weight is 462 g/mol. The first-order valence-corrected chi connectivity index (χ1v) is 12.2. The van der Waals surface area contributed by atoms with Crippen molar-refractivity contribution in [1.82, 2.24) is 0 Å². The van der Waals surface area contributed by atoms with Crippen LogP contribution in [0, 0.1) is 0 Å². The fourth-order valence-corrected chi connectivity index (χ4v) is 5.07. The van der Waals surface area contributed by atoms with Crippen molar-refractivity contribution in [2.24, 2.45) is 0 Å². The molecular weight excluding hydrogens is 438 g/mol. The summed E-state index contributed by atoms with van der Waals surface area (Å²) in [5, 5.41) is 8.36. The first-order chi connectivity index (χ1) is 17.8. The van der Waals surface area contributed by atoms with E-state index in [-0.39, 0.29) is 0 Å². The highest BCUT2D eigenvalue weighted by molar-refractivity contribution is 6.15. The van der Waals surface area contributed by atoms with Gasteiger partial charge >= 0.3 is 0 Å². The van der Waals surface area contributed by atoms with Crippen LogP contribution in [0.15, 0.2) is 138 Å². The average Bonchev–Trinajstić information content (AvgIpc) is 3.33. The molecule has 170 valence electrons. The SMILES string of the molecule is c1ccc(-c2cccc3c2oc2cccc(Nc4ccc(-c5ccc6ccccc6c5)cc4)c23)cc1. The first kappa shape index (κ1) is 20.5. The van der Waals surface area contributed by atoms with E-state index in [0.717, 1.165) is 44.4 Å². The van der Waals surface area contributed by atoms with Gasteiger partial charge in [-0.15, -0.1) is 0 Å². The molecule has 6 aromatic carbocycles. The van der Waals surface area contributed by atoms with Crippen LogP contribution in [0.25, 0.3) is 55.0 Å². The Balaban J connectivity index is 1.26. The number of para-hydroxylation sites is 1. The maximum Gasteiger partial charge on any atom is 0.143 e. The van der Waals surface area contributed by atoms with E-state index in [1.165, 1.54) is 21.9 Å². The van der Waals surface area contributed by atoms with E-state index >= 15 is 0 Å². The second-order valence-electron chi connectivity index (χ2n) is 9.09. The molecule has 1 aromatic heterocycles. The van der Waals surface area contributed by atoms with E-state index in [0.29, 0.717) is 0 Å². The minimum atomic E-state index is 0.881. The van der Waals surface area contributed by atoms with Gasteiger partial charge in [0.25, 0.3) is 0 Å². The highest BCUT2D eigenvalue weighted by atomic mass is 16.3. The molecule has 0 saturated carbocycles. The molecule has 0 aliphatic rings. The third-order valence-corrected chi connectivity index (χ3v) is 6.85. The predicted octanol–water partition coefficient (Wildman–Crippen LogP) is 9.82. The van der Waals surface area contributed by atoms with Gasteiger partial charge in [0.05, 0.1) is 11.1 Å². The lowest BCUT2D eigenvalue weighted by Crippen LogP contribution is -1.91. The molecule has 2 nitrogen and oxygen atoms in total. The van der Waals surface area contributed by atoms with Crippen LogP contribution in [0.1, 0.15) is 0 Å². The molecule has 0 spiro atoms. The van der Waals surface area contributed by atoms with Crippen LogP contribution in [-0.4, -0.2) is 0 Å². The Morgan fingerprint density at radius 1 is 0.500 bits per heavy atom. The van der Waals surface area contributed by atoms with Crippen LogP contribution >= 0.6 is 0 Å². The summed E-state index contributed by atoms with van der Waals surface area (Å²) < 4.78 is 6.39. The molecule has 1 heterocycles. The van der Waals surface area contributed by atoms with E-state index < -0.39 is 0 Å². The van der Waals surface area contributed by atoms with Crippen LogP contribution in [0.5, 0.6) is 0 Å². The minimum Gasteiger partial charge on any atom is -0.455 e. The number of hydrogen-bond donors (Lipinski definition) is 1. The van der Waals surface area contributed by atoms with E-state index in [1.54, 1.807) is 0 Å². The van der Waals surface area contributed by atoms with Gasteiger partial charge < -0.3 is 9.73 Å². The number of furan rings is 1. The molecule has 0 aliphatic heterocycles. The van der Waals surface area contributed by atoms with E-state index in [2.05, 4.69) is 121 Å². The number of hydrogen-bond acceptors (Lipinski definition) is 2. The number of benzene rings is 6. The number of rotatable bonds is 4. The lowest BCUT2D eigenvalue weighted by Gasteiger charge is -2.10. The van der Waals surface area contributed by atoms with Crippen molar-refractivity contribution in [2.45, 2.75) is 0 Å². The Morgan fingerprint density at radius 2 is 1.25 bits per heavy atom. The monoisotopic (exact) mass is 461 g/mol. The fraction of sp³-hybridized carbons (Fsp3) is 0. The van der Waals surface area contributed by atoms with Crippen molar-refractivity contribution >= 4 is 44.1 Å². The largest absolute Gasteiger partial charge is 0.455 e. The zero-order valence-electron chi connectivity index (χ0n) is 19.6. The Labute approximate surface area is 209 Å². The van der Waals surface area contributed by atoms with Crippen molar-refractivity contribution in [3.63, 3.8) is 0 Å². The van der Waals surface area contributed by atoms with Crippen molar-refractivity contribution in [3.05, 3.63) is 133 Å². The number of nitrogens with one attached hydrogen (secondary N) is 1. The Bertz CT molecular complexity index is 1850. The minimum absolute atomic E-state index is 0.881. The van der Waals surface area contributed by atoms with Gasteiger partial charge in [-0.2, -0.15) is 0 Å². The Hall–Kier alpha value is -4.82. The molecule has 0 fully saturated rings. The van der Waals surface area contributed by atoms with Gasteiger partial charge in [0.2, 0.25) is 0 Å². The van der Waals surface area contributed by atoms with E-state index in [1.807, 2.05) is 18.2 Å². The molecule has 0 radical (unpaired) electrons. The molecule has 0 atom stereocenters. The third-order valence-electron chi connectivity index (χ3n) is 6.85. The molecule has 7 rings (SSSR count). The Kier molecular flexibility index (Phi) is 4.82. The van der Waals surface area contributed by atoms with Crippen LogP contribution < -0.4 is 5.32 Å². The number of anilines is 2. The van der Waals surface area contributed by atoms with Gasteiger partial charge in [-0.3, -0.25) is 0 Å². The lowest BCUT2D eigenvalue weighted by molar-refractivity contribution is 0.670. The van der Waals surface area contributed by atoms with Gasteiger partial charge in [0, 0.05) is 16.6 Å². The molecule has 2 heteroatoms. The van der Waals surface area contributed by atoms with Gasteiger partial charge in [-0.1, -0.05) is 103 Å². The van der Waals surface area contributed by atoms with Gasteiger partial charge in [-0.25, -0.2) is 0 Å². The maximum absolute atomic E-state index is 6.39. The summed E-state index contributed by atoms with van der Waals surface area (Å²) in [6, 6.07) is 46.7. The molecule has 0 saturated heterocycles. The predicted molar refractivity (Wildman–Crippen MR) is 152 cm³/mol. The molecule has 0 bridgehead atoms. The van der Waals surface area contributed by atoms with Gasteiger partial charge in [0.15, 0.2) is 0 Å². The molecule has 36 heavy (non-hydrogen) atoms. The molecule has 0 aliphatic carbocycles. The molecular formula is C34H23NO. The van der Waals surface area contributed by atoms with E-state index in [4.69, 9.17) is 4.42 Å². The van der Waals surface area contributed by atoms with Crippen LogP contribution in [0.2, 0.25) is 0 Å². The standard InChI is InChI=1S/C34H23NO/c1-2-9-25(10-3-1)29-12-6-13-30-33-31(14-7-15-32(33)36-34(29)30)35-28-20-18-24(19-21-28)27-17-16-23-8-4-5-11-26(23)22-27/h1-22,35H. The smallest absolute Gasteiger partial charge is 0.143 e. The molecule has 0 amide bonds. The second-order valence-corrected chi connectivity index (χ2v) is 9.09. The first-order valence-electron chi connectivity index (χ1n) is 12.2. The zero-order valence-corrected chi connectivity index (χ0v) is 19.6. The molecule has 1 N–H and O–H groups in total. The van der Waals surface area contributed by atoms with Crippen LogP contribution in [0.3, 0.4) is 0 Å². The lowest BCUT2D eigenvalue weighted by atomic mass is 10.0. The Morgan fingerprint density at radius 3 is 2.11 bits per heavy atom. The summed E-state index contributed by atoms with van der Waals surface area (Å²) in [5.41, 5.74) is 8.56. The molecule has 0 unspecified atom stereocenters. The van der Waals surface area contributed by atoms with Crippen LogP contribution in [0.4, 0.5) is 11.4 Å². The maximum atomic E-state index is 6.39. The van der Waals surface area contributed by atoms with Crippen molar-refractivity contribution < 1.29 is 4.42 Å². The number of fused-ring (bicyclic) bond motifs is 4. The highest BCUT2D eigenvalue weighted by Crippen LogP contribution is 2.39. The van der Waals surface area contributed by atoms with Crippen molar-refractivity contribution in [2.75, 3.05) is 5.32 Å². The quantitative estimate of drug-likeness (QED) is 0.282. The molecule has 7 aromatic rings. The summed E-state index contributed by atoms with van der Waals surface area (Å²) in [6.07, 6.45) is 0. The van der Waals surface area contributed by atoms with Gasteiger partial charge in [-0.05, 0) is 57.8 Å². The summed E-state index contributed by atoms with van der Waals surface area (Å²) in [6.45, 7) is 0. The highest BCUT2D eigenvalue weighted by Gasteiger charge is 2.15. The summed E-state index contributed by atoms with van der Waals surface area (Å²) in [4.78, 5) is 0. The van der Waals surface area contributed by atoms with Crippen molar-refractivity contribution in [3.8, 4) is 22.3 Å². The summed E-state index contributed by atoms with van der Waals surface area (Å²) in [5.74, 6) is 0.